The Labute approximate surface area is 87.6 Å². The summed E-state index contributed by atoms with van der Waals surface area (Å²) >= 11 is 1.67. The molecule has 0 amide bonds. The van der Waals surface area contributed by atoms with E-state index in [-0.39, 0.29) is 5.54 Å². The van der Waals surface area contributed by atoms with Crippen molar-refractivity contribution in [2.45, 2.75) is 37.0 Å². The first-order valence-corrected chi connectivity index (χ1v) is 6.25. The number of rotatable bonds is 3. The smallest absolute Gasteiger partial charge is 0.236 e. The van der Waals surface area contributed by atoms with Crippen LogP contribution < -0.4 is 5.73 Å². The Kier molecular flexibility index (Phi) is 2.78. The first-order chi connectivity index (χ1) is 6.74. The Morgan fingerprint density at radius 1 is 1.50 bits per heavy atom. The van der Waals surface area contributed by atoms with E-state index in [9.17, 15) is 0 Å². The maximum absolute atomic E-state index is 6.20. The molecule has 14 heavy (non-hydrogen) atoms. The molecule has 1 heterocycles. The van der Waals surface area contributed by atoms with Gasteiger partial charge in [0.2, 0.25) is 5.89 Å². The van der Waals surface area contributed by atoms with Gasteiger partial charge in [0.15, 0.2) is 5.82 Å². The number of nitrogens with zero attached hydrogens (tertiary/aromatic N) is 2. The highest BCUT2D eigenvalue weighted by molar-refractivity contribution is 7.97. The van der Waals surface area contributed by atoms with Gasteiger partial charge < -0.3 is 10.3 Å². The van der Waals surface area contributed by atoms with Crippen molar-refractivity contribution in [1.29, 1.82) is 0 Å². The summed E-state index contributed by atoms with van der Waals surface area (Å²) in [6.45, 7) is 0. The van der Waals surface area contributed by atoms with Crippen molar-refractivity contribution in [3.8, 4) is 0 Å². The van der Waals surface area contributed by atoms with Crippen LogP contribution in [-0.2, 0) is 11.3 Å². The Bertz CT molecular complexity index is 307. The Hall–Kier alpha value is -0.550. The van der Waals surface area contributed by atoms with E-state index in [1.807, 2.05) is 6.26 Å². The monoisotopic (exact) mass is 213 g/mol. The van der Waals surface area contributed by atoms with Crippen LogP contribution >= 0.6 is 11.8 Å². The van der Waals surface area contributed by atoms with Gasteiger partial charge in [-0.25, -0.2) is 0 Å². The van der Waals surface area contributed by atoms with Gasteiger partial charge in [-0.05, 0) is 19.1 Å². The lowest BCUT2D eigenvalue weighted by atomic mass is 9.99. The summed E-state index contributed by atoms with van der Waals surface area (Å²) < 4.78 is 5.12. The number of hydrogen-bond acceptors (Lipinski definition) is 5. The highest BCUT2D eigenvalue weighted by atomic mass is 32.2. The molecule has 0 unspecified atom stereocenters. The molecule has 1 aliphatic rings. The predicted octanol–water partition coefficient (Wildman–Crippen LogP) is 1.66. The maximum Gasteiger partial charge on any atom is 0.236 e. The molecular weight excluding hydrogens is 198 g/mol. The Morgan fingerprint density at radius 2 is 2.21 bits per heavy atom. The molecule has 1 saturated carbocycles. The zero-order valence-corrected chi connectivity index (χ0v) is 9.14. The summed E-state index contributed by atoms with van der Waals surface area (Å²) in [5, 5.41) is 3.96. The Balaban J connectivity index is 2.15. The molecule has 2 rings (SSSR count). The van der Waals surface area contributed by atoms with Crippen molar-refractivity contribution in [1.82, 2.24) is 10.1 Å². The molecule has 2 N–H and O–H groups in total. The van der Waals surface area contributed by atoms with E-state index in [4.69, 9.17) is 10.3 Å². The van der Waals surface area contributed by atoms with Crippen LogP contribution in [0.25, 0.3) is 0 Å². The molecule has 0 atom stereocenters. The van der Waals surface area contributed by atoms with Crippen LogP contribution in [0.5, 0.6) is 0 Å². The lowest BCUT2D eigenvalue weighted by Gasteiger charge is -2.17. The molecule has 1 aromatic rings. The topological polar surface area (TPSA) is 64.9 Å². The average Bonchev–Trinajstić information content (AvgIpc) is 2.75. The van der Waals surface area contributed by atoms with Crippen LogP contribution in [0.2, 0.25) is 0 Å². The zero-order valence-electron chi connectivity index (χ0n) is 8.32. The molecule has 4 nitrogen and oxygen atoms in total. The summed E-state index contributed by atoms with van der Waals surface area (Å²) in [6.07, 6.45) is 6.31. The van der Waals surface area contributed by atoms with Gasteiger partial charge in [-0.1, -0.05) is 18.0 Å². The van der Waals surface area contributed by atoms with Crippen LogP contribution in [0.1, 0.15) is 37.4 Å². The van der Waals surface area contributed by atoms with E-state index in [1.165, 1.54) is 12.8 Å². The van der Waals surface area contributed by atoms with Crippen molar-refractivity contribution in [3.05, 3.63) is 11.7 Å². The molecule has 78 valence electrons. The van der Waals surface area contributed by atoms with Gasteiger partial charge in [0.05, 0.1) is 11.3 Å². The van der Waals surface area contributed by atoms with E-state index in [0.717, 1.165) is 18.6 Å². The molecule has 0 spiro atoms. The first-order valence-electron chi connectivity index (χ1n) is 4.85. The second-order valence-corrected chi connectivity index (χ2v) is 4.67. The Morgan fingerprint density at radius 3 is 2.86 bits per heavy atom. The summed E-state index contributed by atoms with van der Waals surface area (Å²) in [5.41, 5.74) is 5.88. The standard InChI is InChI=1S/C9H15N3OS/c1-14-6-7-11-8(12-13-7)9(10)4-2-3-5-9/h2-6,10H2,1H3. The van der Waals surface area contributed by atoms with Crippen LogP contribution in [0.3, 0.4) is 0 Å². The number of thioether (sulfide) groups is 1. The van der Waals surface area contributed by atoms with Crippen molar-refractivity contribution < 1.29 is 4.52 Å². The minimum atomic E-state index is -0.319. The van der Waals surface area contributed by atoms with E-state index in [0.29, 0.717) is 11.7 Å². The second kappa shape index (κ2) is 3.90. The number of nitrogens with two attached hydrogens (primary N) is 1. The maximum atomic E-state index is 6.20. The summed E-state index contributed by atoms with van der Waals surface area (Å²) in [6, 6.07) is 0. The zero-order chi connectivity index (χ0) is 10.0. The second-order valence-electron chi connectivity index (χ2n) is 3.81. The van der Waals surface area contributed by atoms with Crippen LogP contribution in [0.4, 0.5) is 0 Å². The first kappa shape index (κ1) is 9.98. The van der Waals surface area contributed by atoms with E-state index in [1.54, 1.807) is 11.8 Å². The number of aromatic nitrogens is 2. The van der Waals surface area contributed by atoms with Crippen LogP contribution in [0, 0.1) is 0 Å². The van der Waals surface area contributed by atoms with Crippen molar-refractivity contribution in [3.63, 3.8) is 0 Å². The van der Waals surface area contributed by atoms with E-state index in [2.05, 4.69) is 10.1 Å². The molecule has 1 aliphatic carbocycles. The molecular formula is C9H15N3OS. The highest BCUT2D eigenvalue weighted by Crippen LogP contribution is 2.34. The quantitative estimate of drug-likeness (QED) is 0.827. The van der Waals surface area contributed by atoms with Gasteiger partial charge in [-0.15, -0.1) is 0 Å². The average molecular weight is 213 g/mol. The van der Waals surface area contributed by atoms with Crippen molar-refractivity contribution >= 4 is 11.8 Å². The van der Waals surface area contributed by atoms with Gasteiger partial charge >= 0.3 is 0 Å². The van der Waals surface area contributed by atoms with Gasteiger partial charge in [-0.3, -0.25) is 0 Å². The normalized spacial score (nSPS) is 20.1. The van der Waals surface area contributed by atoms with Gasteiger partial charge in [0.25, 0.3) is 0 Å². The third-order valence-electron chi connectivity index (χ3n) is 2.68. The summed E-state index contributed by atoms with van der Waals surface area (Å²) in [5.74, 6) is 2.14. The third-order valence-corrected chi connectivity index (χ3v) is 3.21. The minimum Gasteiger partial charge on any atom is -0.338 e. The molecule has 5 heteroatoms. The molecule has 0 aliphatic heterocycles. The molecule has 1 aromatic heterocycles. The van der Waals surface area contributed by atoms with Gasteiger partial charge in [0, 0.05) is 0 Å². The van der Waals surface area contributed by atoms with Gasteiger partial charge in [-0.2, -0.15) is 16.7 Å². The van der Waals surface area contributed by atoms with Gasteiger partial charge in [0.1, 0.15) is 0 Å². The summed E-state index contributed by atoms with van der Waals surface area (Å²) in [4.78, 5) is 4.33. The predicted molar refractivity (Wildman–Crippen MR) is 55.9 cm³/mol. The van der Waals surface area contributed by atoms with E-state index < -0.39 is 0 Å². The van der Waals surface area contributed by atoms with Crippen LogP contribution in [0.15, 0.2) is 4.52 Å². The van der Waals surface area contributed by atoms with Crippen molar-refractivity contribution in [2.24, 2.45) is 5.73 Å². The molecule has 0 bridgehead atoms. The summed E-state index contributed by atoms with van der Waals surface area (Å²) in [7, 11) is 0. The van der Waals surface area contributed by atoms with E-state index >= 15 is 0 Å². The minimum absolute atomic E-state index is 0.319. The SMILES string of the molecule is CSCc1nc(C2(N)CCCC2)no1. The van der Waals surface area contributed by atoms with Crippen LogP contribution in [-0.4, -0.2) is 16.4 Å². The molecule has 1 fully saturated rings. The number of hydrogen-bond donors (Lipinski definition) is 1. The lowest BCUT2D eigenvalue weighted by Crippen LogP contribution is -2.34. The third kappa shape index (κ3) is 1.79. The molecule has 0 aromatic carbocycles. The fourth-order valence-electron chi connectivity index (χ4n) is 1.87. The fraction of sp³-hybridized carbons (Fsp3) is 0.778. The molecule has 0 saturated heterocycles. The largest absolute Gasteiger partial charge is 0.338 e. The molecule has 0 radical (unpaired) electrons. The fourth-order valence-corrected chi connectivity index (χ4v) is 2.23. The highest BCUT2D eigenvalue weighted by Gasteiger charge is 2.35. The van der Waals surface area contributed by atoms with Crippen molar-refractivity contribution in [2.75, 3.05) is 6.26 Å². The lowest BCUT2D eigenvalue weighted by molar-refractivity contribution is 0.355.